The molecule has 0 aromatic carbocycles. The molecule has 1 aliphatic rings. The van der Waals surface area contributed by atoms with Gasteiger partial charge >= 0.3 is 6.09 Å². The fourth-order valence-corrected chi connectivity index (χ4v) is 2.65. The van der Waals surface area contributed by atoms with Gasteiger partial charge in [0.1, 0.15) is 11.2 Å². The fourth-order valence-electron chi connectivity index (χ4n) is 2.47. The number of carboxylic acid groups (broad SMARTS) is 1. The predicted molar refractivity (Wildman–Crippen MR) is 88.5 cm³/mol. The van der Waals surface area contributed by atoms with E-state index in [1.54, 1.807) is 6.07 Å². The van der Waals surface area contributed by atoms with E-state index in [9.17, 15) is 14.3 Å². The van der Waals surface area contributed by atoms with Crippen LogP contribution in [0.25, 0.3) is 0 Å². The van der Waals surface area contributed by atoms with Gasteiger partial charge in [-0.25, -0.2) is 14.2 Å². The average Bonchev–Trinajstić information content (AvgIpc) is 3.29. The first-order valence-corrected chi connectivity index (χ1v) is 8.04. The standard InChI is InChI=1S/C16H20ClFN4O2/c1-16(2,3)22(15(23)24)8-12(9-4-5-9)20-14-11(18)6-10(7-19)13(17)21-14/h6,9,12H,4-5,8H2,1-3H3,(H,20,21)(H,23,24)/t12-/m0/s1. The molecule has 1 aromatic heterocycles. The third-order valence-corrected chi connectivity index (χ3v) is 4.27. The van der Waals surface area contributed by atoms with E-state index in [4.69, 9.17) is 16.9 Å². The van der Waals surface area contributed by atoms with Crippen molar-refractivity contribution in [3.63, 3.8) is 0 Å². The molecule has 0 bridgehead atoms. The smallest absolute Gasteiger partial charge is 0.407 e. The molecule has 1 amide bonds. The lowest BCUT2D eigenvalue weighted by Crippen LogP contribution is -2.50. The van der Waals surface area contributed by atoms with Crippen molar-refractivity contribution in [3.05, 3.63) is 22.6 Å². The number of nitriles is 1. The molecule has 2 rings (SSSR count). The van der Waals surface area contributed by atoms with Gasteiger partial charge in [0, 0.05) is 18.1 Å². The normalized spacial score (nSPS) is 15.5. The van der Waals surface area contributed by atoms with Crippen LogP contribution in [0.3, 0.4) is 0 Å². The molecule has 1 aromatic rings. The van der Waals surface area contributed by atoms with Crippen molar-refractivity contribution in [2.24, 2.45) is 5.92 Å². The van der Waals surface area contributed by atoms with Crippen molar-refractivity contribution in [1.82, 2.24) is 9.88 Å². The number of nitrogens with zero attached hydrogens (tertiary/aromatic N) is 3. The van der Waals surface area contributed by atoms with Crippen LogP contribution in [0.2, 0.25) is 5.15 Å². The summed E-state index contributed by atoms with van der Waals surface area (Å²) in [5, 5.41) is 21.2. The number of hydrogen-bond acceptors (Lipinski definition) is 4. The molecule has 0 unspecified atom stereocenters. The number of amides is 1. The van der Waals surface area contributed by atoms with Crippen molar-refractivity contribution in [3.8, 4) is 6.07 Å². The van der Waals surface area contributed by atoms with Crippen LogP contribution in [0.1, 0.15) is 39.2 Å². The van der Waals surface area contributed by atoms with Gasteiger partial charge in [0.25, 0.3) is 0 Å². The molecule has 1 heterocycles. The predicted octanol–water partition coefficient (Wildman–Crippen LogP) is 3.71. The summed E-state index contributed by atoms with van der Waals surface area (Å²) in [5.41, 5.74) is -0.612. The third-order valence-electron chi connectivity index (χ3n) is 3.98. The summed E-state index contributed by atoms with van der Waals surface area (Å²) in [6, 6.07) is 2.53. The number of halogens is 2. The number of carbonyl (C=O) groups is 1. The molecule has 1 aliphatic carbocycles. The maximum absolute atomic E-state index is 14.1. The van der Waals surface area contributed by atoms with Crippen LogP contribution in [-0.2, 0) is 0 Å². The highest BCUT2D eigenvalue weighted by Crippen LogP contribution is 2.36. The van der Waals surface area contributed by atoms with Crippen LogP contribution in [0.15, 0.2) is 6.07 Å². The first kappa shape index (κ1) is 18.3. The molecule has 24 heavy (non-hydrogen) atoms. The largest absolute Gasteiger partial charge is 0.465 e. The highest BCUT2D eigenvalue weighted by atomic mass is 35.5. The second kappa shape index (κ2) is 6.81. The second-order valence-electron chi connectivity index (χ2n) is 6.92. The summed E-state index contributed by atoms with van der Waals surface area (Å²) in [4.78, 5) is 16.8. The van der Waals surface area contributed by atoms with Crippen molar-refractivity contribution in [1.29, 1.82) is 5.26 Å². The molecule has 0 spiro atoms. The van der Waals surface area contributed by atoms with Crippen molar-refractivity contribution < 1.29 is 14.3 Å². The summed E-state index contributed by atoms with van der Waals surface area (Å²) >= 11 is 5.86. The Kier molecular flexibility index (Phi) is 5.19. The summed E-state index contributed by atoms with van der Waals surface area (Å²) in [7, 11) is 0. The van der Waals surface area contributed by atoms with Gasteiger partial charge in [0.2, 0.25) is 0 Å². The quantitative estimate of drug-likeness (QED) is 0.787. The summed E-state index contributed by atoms with van der Waals surface area (Å²) in [6.45, 7) is 5.63. The number of nitrogens with one attached hydrogen (secondary N) is 1. The highest BCUT2D eigenvalue weighted by Gasteiger charge is 2.37. The van der Waals surface area contributed by atoms with Crippen molar-refractivity contribution in [2.45, 2.75) is 45.2 Å². The molecule has 130 valence electrons. The van der Waals surface area contributed by atoms with Gasteiger partial charge in [-0.1, -0.05) is 11.6 Å². The van der Waals surface area contributed by atoms with Crippen LogP contribution in [-0.4, -0.2) is 39.2 Å². The van der Waals surface area contributed by atoms with E-state index in [0.29, 0.717) is 0 Å². The Morgan fingerprint density at radius 2 is 2.25 bits per heavy atom. The molecule has 8 heteroatoms. The fraction of sp³-hybridized carbons (Fsp3) is 0.562. The van der Waals surface area contributed by atoms with E-state index < -0.39 is 17.4 Å². The zero-order valence-corrected chi connectivity index (χ0v) is 14.6. The van der Waals surface area contributed by atoms with E-state index >= 15 is 0 Å². The second-order valence-corrected chi connectivity index (χ2v) is 7.28. The Morgan fingerprint density at radius 3 is 2.71 bits per heavy atom. The average molecular weight is 355 g/mol. The third kappa shape index (κ3) is 4.26. The van der Waals surface area contributed by atoms with Gasteiger partial charge in [0.05, 0.1) is 5.56 Å². The zero-order chi connectivity index (χ0) is 18.1. The molecule has 0 saturated heterocycles. The molecule has 1 atom stereocenters. The van der Waals surface area contributed by atoms with E-state index in [1.165, 1.54) is 4.90 Å². The number of anilines is 1. The van der Waals surface area contributed by atoms with Crippen LogP contribution in [0.5, 0.6) is 0 Å². The number of aromatic nitrogens is 1. The van der Waals surface area contributed by atoms with Gasteiger partial charge in [0.15, 0.2) is 11.6 Å². The minimum atomic E-state index is -1.03. The monoisotopic (exact) mass is 354 g/mol. The molecule has 1 fully saturated rings. The Bertz CT molecular complexity index is 680. The summed E-state index contributed by atoms with van der Waals surface area (Å²) < 4.78 is 14.1. The van der Waals surface area contributed by atoms with Gasteiger partial charge in [-0.3, -0.25) is 0 Å². The molecule has 0 radical (unpaired) electrons. The SMILES string of the molecule is CC(C)(C)N(C[C@H](Nc1nc(Cl)c(C#N)cc1F)C1CC1)C(=O)O. The zero-order valence-electron chi connectivity index (χ0n) is 13.8. The van der Waals surface area contributed by atoms with Crippen LogP contribution in [0.4, 0.5) is 15.0 Å². The first-order chi connectivity index (χ1) is 11.1. The van der Waals surface area contributed by atoms with Gasteiger partial charge in [-0.15, -0.1) is 0 Å². The van der Waals surface area contributed by atoms with Gasteiger partial charge < -0.3 is 15.3 Å². The van der Waals surface area contributed by atoms with Crippen LogP contribution >= 0.6 is 11.6 Å². The lowest BCUT2D eigenvalue weighted by molar-refractivity contribution is 0.0959. The lowest BCUT2D eigenvalue weighted by atomic mass is 10.0. The Labute approximate surface area is 145 Å². The molecule has 2 N–H and O–H groups in total. The van der Waals surface area contributed by atoms with E-state index in [2.05, 4.69) is 10.3 Å². The number of rotatable bonds is 5. The van der Waals surface area contributed by atoms with E-state index in [-0.39, 0.29) is 35.0 Å². The summed E-state index contributed by atoms with van der Waals surface area (Å²) in [6.07, 6.45) is 0.864. The first-order valence-electron chi connectivity index (χ1n) is 7.66. The van der Waals surface area contributed by atoms with Crippen molar-refractivity contribution >= 4 is 23.5 Å². The van der Waals surface area contributed by atoms with Gasteiger partial charge in [-0.05, 0) is 45.6 Å². The van der Waals surface area contributed by atoms with Crippen LogP contribution < -0.4 is 5.32 Å². The topological polar surface area (TPSA) is 89.3 Å². The van der Waals surface area contributed by atoms with E-state index in [0.717, 1.165) is 18.9 Å². The molecular formula is C16H20ClFN4O2. The Hall–Kier alpha value is -2.07. The number of hydrogen-bond donors (Lipinski definition) is 2. The highest BCUT2D eigenvalue weighted by molar-refractivity contribution is 6.30. The van der Waals surface area contributed by atoms with Gasteiger partial charge in [-0.2, -0.15) is 5.26 Å². The number of pyridine rings is 1. The minimum Gasteiger partial charge on any atom is -0.465 e. The van der Waals surface area contributed by atoms with E-state index in [1.807, 2.05) is 20.8 Å². The van der Waals surface area contributed by atoms with Crippen molar-refractivity contribution in [2.75, 3.05) is 11.9 Å². The molecular weight excluding hydrogens is 335 g/mol. The minimum absolute atomic E-state index is 0.0375. The summed E-state index contributed by atoms with van der Waals surface area (Å²) in [5.74, 6) is -0.487. The van der Waals surface area contributed by atoms with Crippen LogP contribution in [0, 0.1) is 23.1 Å². The molecule has 6 nitrogen and oxygen atoms in total. The molecule has 1 saturated carbocycles. The lowest BCUT2D eigenvalue weighted by Gasteiger charge is -2.36. The Morgan fingerprint density at radius 1 is 1.62 bits per heavy atom. The molecule has 0 aliphatic heterocycles. The maximum atomic E-state index is 14.1. The Balaban J connectivity index is 2.23. The maximum Gasteiger partial charge on any atom is 0.407 e.